The van der Waals surface area contributed by atoms with Gasteiger partial charge in [0.1, 0.15) is 6.61 Å². The molecule has 1 heterocycles. The molecular formula is C24H20BrNO5S. The Kier molecular flexibility index (Phi) is 6.05. The monoisotopic (exact) mass is 513 g/mol. The van der Waals surface area contributed by atoms with Crippen LogP contribution in [0.1, 0.15) is 16.7 Å². The molecule has 0 spiro atoms. The van der Waals surface area contributed by atoms with Crippen LogP contribution in [0.2, 0.25) is 0 Å². The second-order valence-electron chi connectivity index (χ2n) is 7.45. The van der Waals surface area contributed by atoms with Gasteiger partial charge in [0, 0.05) is 16.3 Å². The summed E-state index contributed by atoms with van der Waals surface area (Å²) in [7, 11) is -3.41. The maximum atomic E-state index is 13.3. The van der Waals surface area contributed by atoms with Crippen molar-refractivity contribution in [3.8, 4) is 0 Å². The highest BCUT2D eigenvalue weighted by atomic mass is 79.9. The number of aliphatic hydroxyl groups is 1. The smallest absolute Gasteiger partial charge is 0.281 e. The van der Waals surface area contributed by atoms with E-state index in [0.717, 1.165) is 21.4 Å². The SMILES string of the molecule is CS(=O)(=O)c1ccc(C2(O)C=C(c3cccc(Br)c3)C(=O)N2OCc2ccccc2)cc1. The molecule has 0 saturated carbocycles. The van der Waals surface area contributed by atoms with E-state index in [9.17, 15) is 18.3 Å². The summed E-state index contributed by atoms with van der Waals surface area (Å²) in [4.78, 5) is 19.2. The van der Waals surface area contributed by atoms with E-state index in [4.69, 9.17) is 4.84 Å². The number of hydrogen-bond acceptors (Lipinski definition) is 5. The second-order valence-corrected chi connectivity index (χ2v) is 10.4. The molecule has 32 heavy (non-hydrogen) atoms. The summed E-state index contributed by atoms with van der Waals surface area (Å²) in [5.41, 5.74) is 0.0947. The van der Waals surface area contributed by atoms with E-state index in [2.05, 4.69) is 15.9 Å². The highest BCUT2D eigenvalue weighted by molar-refractivity contribution is 9.10. The molecule has 0 aliphatic carbocycles. The maximum Gasteiger partial charge on any atom is 0.281 e. The molecule has 1 amide bonds. The van der Waals surface area contributed by atoms with Crippen molar-refractivity contribution in [3.63, 3.8) is 0 Å². The molecule has 8 heteroatoms. The summed E-state index contributed by atoms with van der Waals surface area (Å²) < 4.78 is 24.4. The third-order valence-electron chi connectivity index (χ3n) is 5.12. The Morgan fingerprint density at radius 3 is 2.31 bits per heavy atom. The third-order valence-corrected chi connectivity index (χ3v) is 6.74. The standard InChI is InChI=1S/C24H20BrNO5S/c1-32(29,30)21-12-10-19(11-13-21)24(28)15-22(18-8-5-9-20(25)14-18)23(27)26(24)31-16-17-6-3-2-4-7-17/h2-15,28H,16H2,1H3. The average Bonchev–Trinajstić information content (AvgIpc) is 3.03. The van der Waals surface area contributed by atoms with Crippen LogP contribution in [0.5, 0.6) is 0 Å². The molecule has 6 nitrogen and oxygen atoms in total. The lowest BCUT2D eigenvalue weighted by atomic mass is 10.0. The molecule has 3 aromatic rings. The molecule has 0 aromatic heterocycles. The van der Waals surface area contributed by atoms with E-state index in [0.29, 0.717) is 11.1 Å². The van der Waals surface area contributed by atoms with Crippen molar-refractivity contribution in [2.45, 2.75) is 17.2 Å². The zero-order valence-corrected chi connectivity index (χ0v) is 19.5. The minimum absolute atomic E-state index is 0.0654. The lowest BCUT2D eigenvalue weighted by molar-refractivity contribution is -0.262. The van der Waals surface area contributed by atoms with Gasteiger partial charge in [-0.3, -0.25) is 9.63 Å². The summed E-state index contributed by atoms with van der Waals surface area (Å²) in [5, 5.41) is 12.5. The van der Waals surface area contributed by atoms with E-state index in [1.54, 1.807) is 18.2 Å². The van der Waals surface area contributed by atoms with Crippen molar-refractivity contribution in [1.29, 1.82) is 0 Å². The van der Waals surface area contributed by atoms with Gasteiger partial charge in [0.25, 0.3) is 5.91 Å². The average molecular weight is 514 g/mol. The first kappa shape index (κ1) is 22.4. The first-order valence-corrected chi connectivity index (χ1v) is 12.4. The molecule has 0 fully saturated rings. The zero-order valence-electron chi connectivity index (χ0n) is 17.1. The summed E-state index contributed by atoms with van der Waals surface area (Å²) in [6.45, 7) is 0.0654. The molecule has 1 aliphatic rings. The molecule has 0 radical (unpaired) electrons. The van der Waals surface area contributed by atoms with Crippen LogP contribution in [-0.4, -0.2) is 30.8 Å². The number of sulfone groups is 1. The van der Waals surface area contributed by atoms with Gasteiger partial charge in [-0.15, -0.1) is 0 Å². The van der Waals surface area contributed by atoms with Crippen LogP contribution in [-0.2, 0) is 31.8 Å². The Hall–Kier alpha value is -2.78. The van der Waals surface area contributed by atoms with E-state index in [1.807, 2.05) is 36.4 Å². The molecule has 0 saturated heterocycles. The number of halogens is 1. The Balaban J connectivity index is 1.75. The van der Waals surface area contributed by atoms with Crippen LogP contribution >= 0.6 is 15.9 Å². The predicted octanol–water partition coefficient (Wildman–Crippen LogP) is 4.06. The van der Waals surface area contributed by atoms with Crippen LogP contribution in [0.3, 0.4) is 0 Å². The summed E-state index contributed by atoms with van der Waals surface area (Å²) in [6.07, 6.45) is 2.54. The van der Waals surface area contributed by atoms with Gasteiger partial charge in [0.15, 0.2) is 9.84 Å². The normalized spacial score (nSPS) is 18.7. The number of benzene rings is 3. The highest BCUT2D eigenvalue weighted by Crippen LogP contribution is 2.40. The Bertz CT molecular complexity index is 1290. The maximum absolute atomic E-state index is 13.3. The van der Waals surface area contributed by atoms with Gasteiger partial charge < -0.3 is 5.11 Å². The van der Waals surface area contributed by atoms with Crippen molar-refractivity contribution >= 4 is 37.2 Å². The van der Waals surface area contributed by atoms with Crippen LogP contribution < -0.4 is 0 Å². The quantitative estimate of drug-likeness (QED) is 0.537. The van der Waals surface area contributed by atoms with E-state index in [1.165, 1.54) is 30.3 Å². The molecule has 0 bridgehead atoms. The Morgan fingerprint density at radius 1 is 1.00 bits per heavy atom. The third kappa shape index (κ3) is 4.40. The van der Waals surface area contributed by atoms with Crippen LogP contribution in [0.25, 0.3) is 5.57 Å². The van der Waals surface area contributed by atoms with Gasteiger partial charge in [-0.1, -0.05) is 70.5 Å². The van der Waals surface area contributed by atoms with Gasteiger partial charge in [-0.25, -0.2) is 8.42 Å². The lowest BCUT2D eigenvalue weighted by Crippen LogP contribution is -2.44. The number of hydrogen-bond donors (Lipinski definition) is 1. The summed E-state index contributed by atoms with van der Waals surface area (Å²) in [5.74, 6) is -0.506. The largest absolute Gasteiger partial charge is 0.362 e. The van der Waals surface area contributed by atoms with Gasteiger partial charge in [-0.2, -0.15) is 5.06 Å². The number of amides is 1. The minimum atomic E-state index is -3.41. The van der Waals surface area contributed by atoms with Crippen LogP contribution in [0.4, 0.5) is 0 Å². The van der Waals surface area contributed by atoms with Crippen molar-refractivity contribution < 1.29 is 23.2 Å². The van der Waals surface area contributed by atoms with Gasteiger partial charge in [0.2, 0.25) is 5.72 Å². The Morgan fingerprint density at radius 2 is 1.69 bits per heavy atom. The summed E-state index contributed by atoms with van der Waals surface area (Å²) >= 11 is 3.40. The number of hydroxylamine groups is 2. The fraction of sp³-hybridized carbons (Fsp3) is 0.125. The van der Waals surface area contributed by atoms with Crippen molar-refractivity contribution in [2.75, 3.05) is 6.26 Å². The fourth-order valence-corrected chi connectivity index (χ4v) is 4.50. The van der Waals surface area contributed by atoms with Gasteiger partial charge >= 0.3 is 0 Å². The van der Waals surface area contributed by atoms with Gasteiger partial charge in [-0.05, 0) is 41.5 Å². The molecule has 1 atom stereocenters. The summed E-state index contributed by atoms with van der Waals surface area (Å²) in [6, 6.07) is 22.2. The first-order valence-electron chi connectivity index (χ1n) is 9.72. The minimum Gasteiger partial charge on any atom is -0.362 e. The molecular weight excluding hydrogens is 494 g/mol. The number of rotatable bonds is 6. The zero-order chi connectivity index (χ0) is 22.9. The van der Waals surface area contributed by atoms with Crippen molar-refractivity contribution in [2.24, 2.45) is 0 Å². The number of carbonyl (C=O) groups excluding carboxylic acids is 1. The molecule has 3 aromatic carbocycles. The first-order chi connectivity index (χ1) is 15.2. The van der Waals surface area contributed by atoms with Crippen LogP contribution in [0, 0.1) is 0 Å². The highest BCUT2D eigenvalue weighted by Gasteiger charge is 2.47. The Labute approximate surface area is 194 Å². The molecule has 1 unspecified atom stereocenters. The van der Waals surface area contributed by atoms with E-state index < -0.39 is 21.5 Å². The van der Waals surface area contributed by atoms with E-state index >= 15 is 0 Å². The molecule has 4 rings (SSSR count). The lowest BCUT2D eigenvalue weighted by Gasteiger charge is -2.32. The van der Waals surface area contributed by atoms with E-state index in [-0.39, 0.29) is 17.1 Å². The van der Waals surface area contributed by atoms with Crippen molar-refractivity contribution in [3.05, 3.63) is 106 Å². The number of carbonyl (C=O) groups is 1. The number of nitrogens with zero attached hydrogens (tertiary/aromatic N) is 1. The predicted molar refractivity (Wildman–Crippen MR) is 124 cm³/mol. The molecule has 1 aliphatic heterocycles. The molecule has 1 N–H and O–H groups in total. The molecule has 164 valence electrons. The second kappa shape index (κ2) is 8.63. The fourth-order valence-electron chi connectivity index (χ4n) is 3.47. The van der Waals surface area contributed by atoms with Gasteiger partial charge in [0.05, 0.1) is 10.5 Å². The van der Waals surface area contributed by atoms with Crippen molar-refractivity contribution in [1.82, 2.24) is 5.06 Å². The van der Waals surface area contributed by atoms with Crippen LogP contribution in [0.15, 0.2) is 94.3 Å². The topological polar surface area (TPSA) is 83.9 Å².